The zero-order chi connectivity index (χ0) is 14.5. The van der Waals surface area contributed by atoms with Crippen LogP contribution in [-0.4, -0.2) is 25.9 Å². The van der Waals surface area contributed by atoms with Crippen molar-refractivity contribution >= 4 is 0 Å². The summed E-state index contributed by atoms with van der Waals surface area (Å²) < 4.78 is 4.13. The molecule has 5 nitrogen and oxygen atoms in total. The van der Waals surface area contributed by atoms with E-state index in [0.717, 1.165) is 31.8 Å². The van der Waals surface area contributed by atoms with Gasteiger partial charge in [-0.15, -0.1) is 0 Å². The van der Waals surface area contributed by atoms with Crippen LogP contribution in [-0.2, 0) is 20.0 Å². The molecule has 0 spiro atoms. The van der Waals surface area contributed by atoms with Gasteiger partial charge in [-0.2, -0.15) is 5.10 Å². The Bertz CT molecular complexity index is 540. The highest BCUT2D eigenvalue weighted by Crippen LogP contribution is 2.20. The lowest BCUT2D eigenvalue weighted by atomic mass is 10.0. The molecule has 2 rings (SSSR count). The Balaban J connectivity index is 2.21. The summed E-state index contributed by atoms with van der Waals surface area (Å²) in [6.07, 6.45) is 7.92. The Morgan fingerprint density at radius 1 is 1.35 bits per heavy atom. The van der Waals surface area contributed by atoms with Crippen molar-refractivity contribution in [3.63, 3.8) is 0 Å². The molecular weight excluding hydrogens is 250 g/mol. The molecular formula is C15H25N5. The fourth-order valence-corrected chi connectivity index (χ4v) is 2.47. The topological polar surface area (TPSA) is 47.7 Å². The van der Waals surface area contributed by atoms with E-state index >= 15 is 0 Å². The second-order valence-electron chi connectivity index (χ2n) is 5.15. The van der Waals surface area contributed by atoms with Crippen LogP contribution < -0.4 is 5.32 Å². The minimum atomic E-state index is 0.274. The Kier molecular flexibility index (Phi) is 4.95. The van der Waals surface area contributed by atoms with Gasteiger partial charge in [0.15, 0.2) is 0 Å². The Labute approximate surface area is 121 Å². The SMILES string of the molecule is CCCNC(Cc1nccn1CC)c1cnn(C)c1C. The summed E-state index contributed by atoms with van der Waals surface area (Å²) in [7, 11) is 1.99. The predicted molar refractivity (Wildman–Crippen MR) is 80.6 cm³/mol. The zero-order valence-electron chi connectivity index (χ0n) is 12.9. The van der Waals surface area contributed by atoms with Crippen molar-refractivity contribution in [3.05, 3.63) is 35.7 Å². The van der Waals surface area contributed by atoms with E-state index in [1.165, 1.54) is 11.3 Å². The van der Waals surface area contributed by atoms with E-state index in [1.807, 2.05) is 30.3 Å². The van der Waals surface area contributed by atoms with Crippen LogP contribution in [0.2, 0.25) is 0 Å². The molecule has 110 valence electrons. The van der Waals surface area contributed by atoms with Crippen LogP contribution in [0.3, 0.4) is 0 Å². The van der Waals surface area contributed by atoms with Crippen molar-refractivity contribution in [1.29, 1.82) is 0 Å². The van der Waals surface area contributed by atoms with Crippen molar-refractivity contribution in [2.45, 2.75) is 46.2 Å². The minimum Gasteiger partial charge on any atom is -0.335 e. The average Bonchev–Trinajstić information content (AvgIpc) is 3.03. The van der Waals surface area contributed by atoms with Crippen molar-refractivity contribution in [2.75, 3.05) is 6.54 Å². The molecule has 1 atom stereocenters. The second-order valence-corrected chi connectivity index (χ2v) is 5.15. The van der Waals surface area contributed by atoms with E-state index in [9.17, 15) is 0 Å². The highest BCUT2D eigenvalue weighted by molar-refractivity contribution is 5.22. The van der Waals surface area contributed by atoms with Gasteiger partial charge in [0.2, 0.25) is 0 Å². The first-order valence-corrected chi connectivity index (χ1v) is 7.39. The summed E-state index contributed by atoms with van der Waals surface area (Å²) in [6.45, 7) is 8.42. The molecule has 0 aliphatic carbocycles. The number of aromatic nitrogens is 4. The quantitative estimate of drug-likeness (QED) is 0.843. The fourth-order valence-electron chi connectivity index (χ4n) is 2.47. The van der Waals surface area contributed by atoms with Crippen LogP contribution in [0, 0.1) is 6.92 Å². The Hall–Kier alpha value is -1.62. The number of rotatable bonds is 7. The lowest BCUT2D eigenvalue weighted by Gasteiger charge is -2.18. The number of hydrogen-bond acceptors (Lipinski definition) is 3. The van der Waals surface area contributed by atoms with Crippen LogP contribution in [0.1, 0.15) is 43.4 Å². The summed E-state index contributed by atoms with van der Waals surface area (Å²) in [5.74, 6) is 1.13. The smallest absolute Gasteiger partial charge is 0.110 e. The Morgan fingerprint density at radius 2 is 2.15 bits per heavy atom. The summed E-state index contributed by atoms with van der Waals surface area (Å²) in [5, 5.41) is 7.99. The fraction of sp³-hybridized carbons (Fsp3) is 0.600. The van der Waals surface area contributed by atoms with Crippen LogP contribution in [0.4, 0.5) is 0 Å². The molecule has 2 aromatic rings. The molecule has 0 saturated heterocycles. The summed E-state index contributed by atoms with van der Waals surface area (Å²) in [4.78, 5) is 4.49. The number of hydrogen-bond donors (Lipinski definition) is 1. The number of nitrogens with zero attached hydrogens (tertiary/aromatic N) is 4. The van der Waals surface area contributed by atoms with Gasteiger partial charge < -0.3 is 9.88 Å². The van der Waals surface area contributed by atoms with Crippen molar-refractivity contribution < 1.29 is 0 Å². The summed E-state index contributed by atoms with van der Waals surface area (Å²) in [6, 6.07) is 0.274. The van der Waals surface area contributed by atoms with E-state index in [4.69, 9.17) is 0 Å². The first-order valence-electron chi connectivity index (χ1n) is 7.39. The number of imidazole rings is 1. The third-order valence-electron chi connectivity index (χ3n) is 3.82. The third kappa shape index (κ3) is 3.10. The van der Waals surface area contributed by atoms with Crippen molar-refractivity contribution in [2.24, 2.45) is 7.05 Å². The maximum Gasteiger partial charge on any atom is 0.110 e. The molecule has 0 fully saturated rings. The first-order chi connectivity index (χ1) is 9.67. The number of nitrogens with one attached hydrogen (secondary N) is 1. The largest absolute Gasteiger partial charge is 0.335 e. The summed E-state index contributed by atoms with van der Waals surface area (Å²) >= 11 is 0. The number of aryl methyl sites for hydroxylation is 2. The highest BCUT2D eigenvalue weighted by Gasteiger charge is 2.18. The van der Waals surface area contributed by atoms with Crippen molar-refractivity contribution in [1.82, 2.24) is 24.6 Å². The average molecular weight is 275 g/mol. The van der Waals surface area contributed by atoms with Crippen molar-refractivity contribution in [3.8, 4) is 0 Å². The third-order valence-corrected chi connectivity index (χ3v) is 3.82. The van der Waals surface area contributed by atoms with Gasteiger partial charge in [-0.1, -0.05) is 6.92 Å². The molecule has 0 radical (unpaired) electrons. The zero-order valence-corrected chi connectivity index (χ0v) is 12.9. The molecule has 5 heteroatoms. The van der Waals surface area contributed by atoms with E-state index in [2.05, 4.69) is 40.7 Å². The van der Waals surface area contributed by atoms with E-state index in [-0.39, 0.29) is 6.04 Å². The summed E-state index contributed by atoms with van der Waals surface area (Å²) in [5.41, 5.74) is 2.49. The molecule has 1 unspecified atom stereocenters. The van der Waals surface area contributed by atoms with Crippen LogP contribution >= 0.6 is 0 Å². The molecule has 0 aliphatic rings. The van der Waals surface area contributed by atoms with Gasteiger partial charge in [0.05, 0.1) is 6.20 Å². The standard InChI is InChI=1S/C15H25N5/c1-5-7-16-14(13-11-18-19(4)12(13)3)10-15-17-8-9-20(15)6-2/h8-9,11,14,16H,5-7,10H2,1-4H3. The molecule has 20 heavy (non-hydrogen) atoms. The normalized spacial score (nSPS) is 12.8. The maximum atomic E-state index is 4.49. The molecule has 0 bridgehead atoms. The van der Waals surface area contributed by atoms with E-state index < -0.39 is 0 Å². The van der Waals surface area contributed by atoms with Crippen LogP contribution in [0.5, 0.6) is 0 Å². The van der Waals surface area contributed by atoms with Gasteiger partial charge in [0.25, 0.3) is 0 Å². The van der Waals surface area contributed by atoms with Gasteiger partial charge in [0.1, 0.15) is 5.82 Å². The first kappa shape index (κ1) is 14.8. The molecule has 0 aromatic carbocycles. The molecule has 1 N–H and O–H groups in total. The lowest BCUT2D eigenvalue weighted by molar-refractivity contribution is 0.504. The van der Waals surface area contributed by atoms with Crippen LogP contribution in [0.15, 0.2) is 18.6 Å². The van der Waals surface area contributed by atoms with Gasteiger partial charge >= 0.3 is 0 Å². The van der Waals surface area contributed by atoms with Crippen LogP contribution in [0.25, 0.3) is 0 Å². The highest BCUT2D eigenvalue weighted by atomic mass is 15.3. The lowest BCUT2D eigenvalue weighted by Crippen LogP contribution is -2.25. The van der Waals surface area contributed by atoms with Gasteiger partial charge in [-0.05, 0) is 26.8 Å². The Morgan fingerprint density at radius 3 is 2.75 bits per heavy atom. The maximum absolute atomic E-state index is 4.49. The van der Waals surface area contributed by atoms with E-state index in [0.29, 0.717) is 0 Å². The molecule has 2 heterocycles. The molecule has 2 aromatic heterocycles. The molecule has 0 amide bonds. The molecule has 0 aliphatic heterocycles. The van der Waals surface area contributed by atoms with E-state index in [1.54, 1.807) is 0 Å². The predicted octanol–water partition coefficient (Wildman–Crippen LogP) is 2.23. The monoisotopic (exact) mass is 275 g/mol. The molecule has 0 saturated carbocycles. The minimum absolute atomic E-state index is 0.274. The van der Waals surface area contributed by atoms with Gasteiger partial charge in [0, 0.05) is 49.7 Å². The van der Waals surface area contributed by atoms with Gasteiger partial charge in [-0.25, -0.2) is 4.98 Å². The second kappa shape index (κ2) is 6.70. The van der Waals surface area contributed by atoms with Gasteiger partial charge in [-0.3, -0.25) is 4.68 Å².